The molecule has 0 aliphatic carbocycles. The number of ether oxygens (including phenoxy) is 1. The Kier molecular flexibility index (Phi) is 7.17. The van der Waals surface area contributed by atoms with Gasteiger partial charge in [0, 0.05) is 30.5 Å². The van der Waals surface area contributed by atoms with E-state index >= 15 is 0 Å². The van der Waals surface area contributed by atoms with Gasteiger partial charge in [-0.05, 0) is 45.4 Å². The summed E-state index contributed by atoms with van der Waals surface area (Å²) in [4.78, 5) is 49.2. The van der Waals surface area contributed by atoms with Gasteiger partial charge < -0.3 is 15.4 Å². The van der Waals surface area contributed by atoms with Crippen molar-refractivity contribution in [3.63, 3.8) is 0 Å². The fourth-order valence-corrected chi connectivity index (χ4v) is 2.99. The van der Waals surface area contributed by atoms with Gasteiger partial charge in [-0.15, -0.1) is 0 Å². The number of alkyl carbamates (subject to hydrolysis) is 1. The fraction of sp³-hybridized carbons (Fsp3) is 0.474. The highest BCUT2D eigenvalue weighted by atomic mass is 79.9. The molecule has 0 spiro atoms. The number of imide groups is 1. The predicted molar refractivity (Wildman–Crippen MR) is 106 cm³/mol. The Balaban J connectivity index is 1.67. The lowest BCUT2D eigenvalue weighted by Gasteiger charge is -2.19. The fourth-order valence-electron chi connectivity index (χ4n) is 2.63. The summed E-state index contributed by atoms with van der Waals surface area (Å²) in [6.45, 7) is 5.98. The van der Waals surface area contributed by atoms with E-state index in [9.17, 15) is 19.2 Å². The second-order valence-electron chi connectivity index (χ2n) is 7.33. The topological polar surface area (TPSA) is 105 Å². The number of hydrogen-bond donors (Lipinski definition) is 2. The van der Waals surface area contributed by atoms with Crippen molar-refractivity contribution in [2.24, 2.45) is 0 Å². The first-order valence-corrected chi connectivity index (χ1v) is 9.77. The van der Waals surface area contributed by atoms with Crippen LogP contribution in [0.3, 0.4) is 0 Å². The Bertz CT molecular complexity index is 788. The molecule has 0 radical (unpaired) electrons. The minimum atomic E-state index is -0.576. The highest BCUT2D eigenvalue weighted by Gasteiger charge is 2.35. The molecule has 0 fully saturated rings. The maximum absolute atomic E-state index is 12.3. The van der Waals surface area contributed by atoms with E-state index in [0.717, 1.165) is 9.37 Å². The maximum atomic E-state index is 12.3. The van der Waals surface area contributed by atoms with E-state index in [2.05, 4.69) is 26.6 Å². The van der Waals surface area contributed by atoms with Crippen LogP contribution in [-0.2, 0) is 9.53 Å². The Morgan fingerprint density at radius 2 is 1.71 bits per heavy atom. The lowest BCUT2D eigenvalue weighted by atomic mass is 10.1. The van der Waals surface area contributed by atoms with E-state index in [1.807, 2.05) is 0 Å². The van der Waals surface area contributed by atoms with Gasteiger partial charge in [0.15, 0.2) is 0 Å². The third-order valence-electron chi connectivity index (χ3n) is 3.83. The Morgan fingerprint density at radius 1 is 1.07 bits per heavy atom. The molecular weight excluding hydrogens is 430 g/mol. The smallest absolute Gasteiger partial charge is 0.407 e. The highest BCUT2D eigenvalue weighted by molar-refractivity contribution is 9.10. The summed E-state index contributed by atoms with van der Waals surface area (Å²) in [6.07, 6.45) is -0.0133. The SMILES string of the molecule is CC(C)(C)OC(=O)NCCNC(=O)CCCN1C(=O)c2ccc(Br)cc2C1=O. The lowest BCUT2D eigenvalue weighted by Crippen LogP contribution is -2.38. The Hall–Kier alpha value is -2.42. The van der Waals surface area contributed by atoms with E-state index in [1.54, 1.807) is 39.0 Å². The van der Waals surface area contributed by atoms with Crippen LogP contribution in [0.25, 0.3) is 0 Å². The number of nitrogens with zero attached hydrogens (tertiary/aromatic N) is 1. The van der Waals surface area contributed by atoms with Gasteiger partial charge in [-0.2, -0.15) is 0 Å². The second kappa shape index (κ2) is 9.18. The Morgan fingerprint density at radius 3 is 2.39 bits per heavy atom. The number of hydrogen-bond acceptors (Lipinski definition) is 5. The van der Waals surface area contributed by atoms with Gasteiger partial charge in [-0.25, -0.2) is 4.79 Å². The molecule has 0 saturated heterocycles. The molecule has 0 saturated carbocycles. The van der Waals surface area contributed by atoms with Gasteiger partial charge in [-0.1, -0.05) is 15.9 Å². The quantitative estimate of drug-likeness (QED) is 0.487. The zero-order valence-corrected chi connectivity index (χ0v) is 17.7. The van der Waals surface area contributed by atoms with Crippen LogP contribution in [0.2, 0.25) is 0 Å². The van der Waals surface area contributed by atoms with Crippen LogP contribution in [0.5, 0.6) is 0 Å². The average Bonchev–Trinajstić information content (AvgIpc) is 2.81. The molecule has 0 unspecified atom stereocenters. The van der Waals surface area contributed by atoms with Gasteiger partial charge in [0.05, 0.1) is 11.1 Å². The molecule has 1 aromatic rings. The summed E-state index contributed by atoms with van der Waals surface area (Å²) in [5.74, 6) is -0.900. The first-order valence-electron chi connectivity index (χ1n) is 8.98. The minimum absolute atomic E-state index is 0.170. The third kappa shape index (κ3) is 6.05. The van der Waals surface area contributed by atoms with E-state index in [0.29, 0.717) is 17.5 Å². The van der Waals surface area contributed by atoms with Crippen LogP contribution in [0, 0.1) is 0 Å². The van der Waals surface area contributed by atoms with Gasteiger partial charge >= 0.3 is 6.09 Å². The number of nitrogens with one attached hydrogen (secondary N) is 2. The number of rotatable bonds is 7. The van der Waals surface area contributed by atoms with E-state index in [1.165, 1.54) is 0 Å². The van der Waals surface area contributed by atoms with Crippen LogP contribution in [0.1, 0.15) is 54.3 Å². The van der Waals surface area contributed by atoms with Crippen molar-refractivity contribution in [2.45, 2.75) is 39.2 Å². The van der Waals surface area contributed by atoms with Crippen molar-refractivity contribution < 1.29 is 23.9 Å². The average molecular weight is 454 g/mol. The Labute approximate surface area is 172 Å². The number of amides is 4. The molecule has 0 atom stereocenters. The zero-order chi connectivity index (χ0) is 20.9. The van der Waals surface area contributed by atoms with Crippen LogP contribution >= 0.6 is 15.9 Å². The molecule has 2 rings (SSSR count). The number of halogens is 1. The standard InChI is InChI=1S/C19H24BrN3O5/c1-19(2,3)28-18(27)22-9-8-21-15(24)5-4-10-23-16(25)13-7-6-12(20)11-14(13)17(23)26/h6-7,11H,4-5,8-10H2,1-3H3,(H,21,24)(H,22,27). The zero-order valence-electron chi connectivity index (χ0n) is 16.1. The maximum Gasteiger partial charge on any atom is 0.407 e. The number of benzene rings is 1. The molecule has 4 amide bonds. The van der Waals surface area contributed by atoms with Crippen LogP contribution < -0.4 is 10.6 Å². The van der Waals surface area contributed by atoms with Gasteiger partial charge in [-0.3, -0.25) is 19.3 Å². The van der Waals surface area contributed by atoms with Gasteiger partial charge in [0.2, 0.25) is 5.91 Å². The molecule has 1 aromatic carbocycles. The van der Waals surface area contributed by atoms with Crippen molar-refractivity contribution in [1.82, 2.24) is 15.5 Å². The third-order valence-corrected chi connectivity index (χ3v) is 4.33. The van der Waals surface area contributed by atoms with Gasteiger partial charge in [0.25, 0.3) is 11.8 Å². The van der Waals surface area contributed by atoms with Crippen molar-refractivity contribution in [3.8, 4) is 0 Å². The summed E-state index contributed by atoms with van der Waals surface area (Å²) >= 11 is 3.29. The number of carbonyl (C=O) groups excluding carboxylic acids is 4. The van der Waals surface area contributed by atoms with Gasteiger partial charge in [0.1, 0.15) is 5.60 Å². The monoisotopic (exact) mass is 453 g/mol. The highest BCUT2D eigenvalue weighted by Crippen LogP contribution is 2.26. The molecule has 9 heteroatoms. The molecular formula is C19H24BrN3O5. The van der Waals surface area contributed by atoms with Crippen LogP contribution in [0.4, 0.5) is 4.79 Å². The molecule has 0 bridgehead atoms. The first kappa shape index (κ1) is 21.9. The van der Waals surface area contributed by atoms with E-state index in [4.69, 9.17) is 4.74 Å². The summed E-state index contributed by atoms with van der Waals surface area (Å²) in [7, 11) is 0. The molecule has 152 valence electrons. The number of carbonyl (C=O) groups is 4. The van der Waals surface area contributed by atoms with Crippen molar-refractivity contribution in [3.05, 3.63) is 33.8 Å². The normalized spacial score (nSPS) is 13.4. The van der Waals surface area contributed by atoms with Crippen molar-refractivity contribution >= 4 is 39.7 Å². The molecule has 1 aliphatic heterocycles. The van der Waals surface area contributed by atoms with E-state index in [-0.39, 0.29) is 43.8 Å². The second-order valence-corrected chi connectivity index (χ2v) is 8.25. The largest absolute Gasteiger partial charge is 0.444 e. The summed E-state index contributed by atoms with van der Waals surface area (Å²) in [5, 5.41) is 5.21. The minimum Gasteiger partial charge on any atom is -0.444 e. The molecule has 8 nitrogen and oxygen atoms in total. The van der Waals surface area contributed by atoms with E-state index < -0.39 is 11.7 Å². The van der Waals surface area contributed by atoms with Crippen LogP contribution in [0.15, 0.2) is 22.7 Å². The van der Waals surface area contributed by atoms with Crippen molar-refractivity contribution in [2.75, 3.05) is 19.6 Å². The molecule has 1 heterocycles. The number of fused-ring (bicyclic) bond motifs is 1. The summed E-state index contributed by atoms with van der Waals surface area (Å²) in [5.41, 5.74) is 0.177. The summed E-state index contributed by atoms with van der Waals surface area (Å²) in [6, 6.07) is 4.95. The lowest BCUT2D eigenvalue weighted by molar-refractivity contribution is -0.121. The summed E-state index contributed by atoms with van der Waals surface area (Å²) < 4.78 is 5.82. The first-order chi connectivity index (χ1) is 13.1. The predicted octanol–water partition coefficient (Wildman–Crippen LogP) is 2.47. The van der Waals surface area contributed by atoms with Crippen molar-refractivity contribution in [1.29, 1.82) is 0 Å². The van der Waals surface area contributed by atoms with Crippen LogP contribution in [-0.4, -0.2) is 54.0 Å². The molecule has 0 aromatic heterocycles. The molecule has 28 heavy (non-hydrogen) atoms. The molecule has 1 aliphatic rings. The molecule has 2 N–H and O–H groups in total.